The largest absolute Gasteiger partial charge is 0.490 e. The van der Waals surface area contributed by atoms with E-state index in [4.69, 9.17) is 28.0 Å². The van der Waals surface area contributed by atoms with E-state index in [0.717, 1.165) is 5.56 Å². The molecule has 4 heteroatoms. The molecule has 0 atom stereocenters. The molecule has 0 aliphatic rings. The Kier molecular flexibility index (Phi) is 4.68. The van der Waals surface area contributed by atoms with Gasteiger partial charge in [-0.25, -0.2) is 0 Å². The van der Waals surface area contributed by atoms with Crippen LogP contribution in [0, 0.1) is 11.3 Å². The Morgan fingerprint density at radius 1 is 1.47 bits per heavy atom. The highest BCUT2D eigenvalue weighted by molar-refractivity contribution is 7.80. The Balaban J connectivity index is 3.14. The molecule has 1 aromatic rings. The third kappa shape index (κ3) is 3.89. The molecule has 0 spiro atoms. The van der Waals surface area contributed by atoms with Gasteiger partial charge in [-0.15, -0.1) is 0 Å². The normalized spacial score (nSPS) is 11.1. The molecule has 0 amide bonds. The molecule has 1 rings (SSSR count). The van der Waals surface area contributed by atoms with Crippen molar-refractivity contribution in [2.75, 3.05) is 0 Å². The molecule has 0 radical (unpaired) electrons. The number of ether oxygens (including phenoxy) is 1. The van der Waals surface area contributed by atoms with Crippen LogP contribution in [-0.2, 0) is 0 Å². The summed E-state index contributed by atoms with van der Waals surface area (Å²) in [6.07, 6.45) is 1.71. The molecular formula is C13H14N2OS. The number of nitrogens with zero attached hydrogens (tertiary/aromatic N) is 1. The maximum atomic E-state index is 8.90. The lowest BCUT2D eigenvalue weighted by Crippen LogP contribution is -2.10. The van der Waals surface area contributed by atoms with Crippen LogP contribution in [0.3, 0.4) is 0 Å². The minimum absolute atomic E-state index is 0.0694. The fourth-order valence-electron chi connectivity index (χ4n) is 1.28. The van der Waals surface area contributed by atoms with Crippen molar-refractivity contribution in [1.82, 2.24) is 0 Å². The predicted octanol–water partition coefficient (Wildman–Crippen LogP) is 2.67. The van der Waals surface area contributed by atoms with E-state index in [-0.39, 0.29) is 16.7 Å². The first kappa shape index (κ1) is 13.2. The average Bonchev–Trinajstić information content (AvgIpc) is 2.26. The highest BCUT2D eigenvalue weighted by Crippen LogP contribution is 2.22. The van der Waals surface area contributed by atoms with Crippen molar-refractivity contribution in [3.63, 3.8) is 0 Å². The van der Waals surface area contributed by atoms with Gasteiger partial charge in [0.25, 0.3) is 0 Å². The van der Waals surface area contributed by atoms with E-state index < -0.39 is 0 Å². The van der Waals surface area contributed by atoms with Crippen LogP contribution < -0.4 is 10.5 Å². The van der Waals surface area contributed by atoms with Gasteiger partial charge in [-0.05, 0) is 26.0 Å². The molecule has 0 unspecified atom stereocenters. The fourth-order valence-corrected chi connectivity index (χ4v) is 1.38. The highest BCUT2D eigenvalue weighted by atomic mass is 32.1. The molecule has 0 heterocycles. The number of nitriles is 1. The molecule has 0 aliphatic heterocycles. The minimum atomic E-state index is 0.0694. The zero-order valence-corrected chi connectivity index (χ0v) is 10.6. The van der Waals surface area contributed by atoms with Crippen molar-refractivity contribution >= 4 is 23.3 Å². The predicted molar refractivity (Wildman–Crippen MR) is 72.6 cm³/mol. The Morgan fingerprint density at radius 2 is 2.12 bits per heavy atom. The van der Waals surface area contributed by atoms with E-state index in [9.17, 15) is 0 Å². The van der Waals surface area contributed by atoms with Crippen molar-refractivity contribution in [3.05, 3.63) is 35.4 Å². The lowest BCUT2D eigenvalue weighted by atomic mass is 10.1. The average molecular weight is 246 g/mol. The lowest BCUT2D eigenvalue weighted by Gasteiger charge is -2.12. The molecule has 0 aromatic heterocycles. The maximum Gasteiger partial charge on any atom is 0.126 e. The molecule has 0 aliphatic carbocycles. The smallest absolute Gasteiger partial charge is 0.126 e. The van der Waals surface area contributed by atoms with Crippen LogP contribution in [0.25, 0.3) is 6.08 Å². The topological polar surface area (TPSA) is 59.0 Å². The summed E-state index contributed by atoms with van der Waals surface area (Å²) in [7, 11) is 0. The summed E-state index contributed by atoms with van der Waals surface area (Å²) >= 11 is 4.79. The first-order valence-corrected chi connectivity index (χ1v) is 5.62. The Morgan fingerprint density at radius 3 is 2.65 bits per heavy atom. The molecule has 0 fully saturated rings. The first-order chi connectivity index (χ1) is 8.04. The molecule has 3 nitrogen and oxygen atoms in total. The summed E-state index contributed by atoms with van der Waals surface area (Å²) in [5.74, 6) is 0.714. The highest BCUT2D eigenvalue weighted by Gasteiger charge is 2.05. The number of rotatable bonds is 4. The van der Waals surface area contributed by atoms with Gasteiger partial charge in [0.05, 0.1) is 11.7 Å². The van der Waals surface area contributed by atoms with Gasteiger partial charge >= 0.3 is 0 Å². The van der Waals surface area contributed by atoms with Crippen molar-refractivity contribution in [3.8, 4) is 11.8 Å². The van der Waals surface area contributed by atoms with Crippen molar-refractivity contribution in [2.45, 2.75) is 20.0 Å². The van der Waals surface area contributed by atoms with E-state index in [0.29, 0.717) is 5.75 Å². The zero-order chi connectivity index (χ0) is 12.8. The van der Waals surface area contributed by atoms with Crippen LogP contribution in [0.15, 0.2) is 29.8 Å². The second-order valence-electron chi connectivity index (χ2n) is 3.74. The number of benzene rings is 1. The SMILES string of the molecule is CC(C)Oc1ccccc1/C=C(/C#N)C(N)=S. The quantitative estimate of drug-likeness (QED) is 0.504. The molecule has 0 saturated heterocycles. The van der Waals surface area contributed by atoms with Gasteiger partial charge in [-0.1, -0.05) is 30.4 Å². The van der Waals surface area contributed by atoms with Gasteiger partial charge < -0.3 is 10.5 Å². The summed E-state index contributed by atoms with van der Waals surface area (Å²) in [5.41, 5.74) is 6.52. The van der Waals surface area contributed by atoms with Crippen molar-refractivity contribution in [2.24, 2.45) is 5.73 Å². The minimum Gasteiger partial charge on any atom is -0.490 e. The van der Waals surface area contributed by atoms with Crippen LogP contribution in [0.5, 0.6) is 5.75 Å². The van der Waals surface area contributed by atoms with Crippen LogP contribution in [0.1, 0.15) is 19.4 Å². The van der Waals surface area contributed by atoms with Gasteiger partial charge in [-0.2, -0.15) is 5.26 Å². The van der Waals surface area contributed by atoms with Crippen molar-refractivity contribution < 1.29 is 4.74 Å². The first-order valence-electron chi connectivity index (χ1n) is 5.22. The lowest BCUT2D eigenvalue weighted by molar-refractivity contribution is 0.242. The summed E-state index contributed by atoms with van der Waals surface area (Å²) in [5, 5.41) is 8.90. The zero-order valence-electron chi connectivity index (χ0n) is 9.81. The third-order valence-electron chi connectivity index (χ3n) is 1.97. The second kappa shape index (κ2) is 6.02. The van der Waals surface area contributed by atoms with E-state index in [1.807, 2.05) is 44.2 Å². The molecule has 2 N–H and O–H groups in total. The molecule has 1 aromatic carbocycles. The molecule has 0 saturated carbocycles. The summed E-state index contributed by atoms with van der Waals surface area (Å²) in [6.45, 7) is 3.89. The van der Waals surface area contributed by atoms with Crippen LogP contribution in [0.4, 0.5) is 0 Å². The van der Waals surface area contributed by atoms with Gasteiger partial charge in [0, 0.05) is 5.56 Å². The number of hydrogen-bond acceptors (Lipinski definition) is 3. The van der Waals surface area contributed by atoms with Crippen molar-refractivity contribution in [1.29, 1.82) is 5.26 Å². The van der Waals surface area contributed by atoms with E-state index in [1.54, 1.807) is 6.08 Å². The summed E-state index contributed by atoms with van der Waals surface area (Å²) < 4.78 is 5.63. The van der Waals surface area contributed by atoms with Gasteiger partial charge in [0.1, 0.15) is 16.8 Å². The Hall–Kier alpha value is -1.86. The monoisotopic (exact) mass is 246 g/mol. The number of para-hydroxylation sites is 1. The van der Waals surface area contributed by atoms with Gasteiger partial charge in [0.2, 0.25) is 0 Å². The summed E-state index contributed by atoms with van der Waals surface area (Å²) in [4.78, 5) is 0.0897. The maximum absolute atomic E-state index is 8.90. The van der Waals surface area contributed by atoms with Crippen LogP contribution in [0.2, 0.25) is 0 Å². The standard InChI is InChI=1S/C13H14N2OS/c1-9(2)16-12-6-4-3-5-10(12)7-11(8-14)13(15)17/h3-7,9H,1-2H3,(H2,15,17)/b11-7-. The van der Waals surface area contributed by atoms with Gasteiger partial charge in [-0.3, -0.25) is 0 Å². The third-order valence-corrected chi connectivity index (χ3v) is 2.19. The number of hydrogen-bond donors (Lipinski definition) is 1. The Labute approximate surface area is 107 Å². The fraction of sp³-hybridized carbons (Fsp3) is 0.231. The van der Waals surface area contributed by atoms with Gasteiger partial charge in [0.15, 0.2) is 0 Å². The second-order valence-corrected chi connectivity index (χ2v) is 4.18. The molecule has 88 valence electrons. The molecule has 17 heavy (non-hydrogen) atoms. The Bertz CT molecular complexity index is 486. The van der Waals surface area contributed by atoms with Crippen LogP contribution in [-0.4, -0.2) is 11.1 Å². The van der Waals surface area contributed by atoms with E-state index in [2.05, 4.69) is 0 Å². The van der Waals surface area contributed by atoms with E-state index >= 15 is 0 Å². The van der Waals surface area contributed by atoms with Crippen LogP contribution >= 0.6 is 12.2 Å². The molecule has 0 bridgehead atoms. The van der Waals surface area contributed by atoms with E-state index in [1.165, 1.54) is 0 Å². The number of thiocarbonyl (C=S) groups is 1. The summed E-state index contributed by atoms with van der Waals surface area (Å²) in [6, 6.07) is 9.42. The number of nitrogens with two attached hydrogens (primary N) is 1. The molecular weight excluding hydrogens is 232 g/mol.